The molecule has 3 heterocycles. The SMILES string of the molecule is CN1N(Cc2ccc(OCCN3CCN(CCO)CC3)c(F)c2F)C(=O)C(C(=O)Nc2ccc(C(F)(F)F)cc2-c2cc(C(F)(F)F)ncn2)=C(O)C12CCCC2. The number of aliphatic hydroxyl groups is 2. The summed E-state index contributed by atoms with van der Waals surface area (Å²) in [4.78, 5) is 39.0. The molecule has 1 saturated carbocycles. The molecule has 20 heteroatoms. The lowest BCUT2D eigenvalue weighted by Gasteiger charge is -2.48. The van der Waals surface area contributed by atoms with E-state index in [2.05, 4.69) is 25.1 Å². The van der Waals surface area contributed by atoms with Gasteiger partial charge in [0.25, 0.3) is 11.8 Å². The molecular formula is C37H39F8N7O5. The number of aliphatic hydroxyl groups excluding tert-OH is 2. The third-order valence-electron chi connectivity index (χ3n) is 10.6. The van der Waals surface area contributed by atoms with Crippen LogP contribution in [-0.4, -0.2) is 117 Å². The minimum Gasteiger partial charge on any atom is -0.509 e. The smallest absolute Gasteiger partial charge is 0.433 e. The first kappa shape index (κ1) is 41.7. The minimum absolute atomic E-state index is 0.0511. The van der Waals surface area contributed by atoms with E-state index in [0.717, 1.165) is 24.2 Å². The fraction of sp³-hybridized carbons (Fsp3) is 0.459. The molecule has 0 atom stereocenters. The van der Waals surface area contributed by atoms with E-state index in [-0.39, 0.29) is 37.4 Å². The fourth-order valence-electron chi connectivity index (χ4n) is 7.40. The zero-order chi connectivity index (χ0) is 41.3. The van der Waals surface area contributed by atoms with Crippen molar-refractivity contribution in [1.82, 2.24) is 29.8 Å². The summed E-state index contributed by atoms with van der Waals surface area (Å²) < 4.78 is 118. The number of piperazine rings is 1. The van der Waals surface area contributed by atoms with Crippen molar-refractivity contribution in [1.29, 1.82) is 0 Å². The number of hydrogen-bond acceptors (Lipinski definition) is 10. The number of carbonyl (C=O) groups is 2. The van der Waals surface area contributed by atoms with Gasteiger partial charge in [-0.15, -0.1) is 0 Å². The number of benzene rings is 2. The molecule has 3 N–H and O–H groups in total. The Morgan fingerprint density at radius 3 is 2.21 bits per heavy atom. The first-order chi connectivity index (χ1) is 26.9. The van der Waals surface area contributed by atoms with Crippen LogP contribution in [0.15, 0.2) is 54.1 Å². The number of hydrazine groups is 1. The Hall–Kier alpha value is -4.92. The maximum absolute atomic E-state index is 15.6. The van der Waals surface area contributed by atoms with Crippen LogP contribution in [0.2, 0.25) is 0 Å². The summed E-state index contributed by atoms with van der Waals surface area (Å²) in [7, 11) is 1.44. The van der Waals surface area contributed by atoms with E-state index >= 15 is 8.78 Å². The molecule has 1 saturated heterocycles. The van der Waals surface area contributed by atoms with Crippen molar-refractivity contribution in [3.63, 3.8) is 0 Å². The average molecular weight is 814 g/mol. The predicted molar refractivity (Wildman–Crippen MR) is 187 cm³/mol. The van der Waals surface area contributed by atoms with Gasteiger partial charge in [-0.2, -0.15) is 30.7 Å². The van der Waals surface area contributed by atoms with Crippen molar-refractivity contribution in [3.05, 3.63) is 82.5 Å². The Bertz CT molecular complexity index is 2010. The highest BCUT2D eigenvalue weighted by Crippen LogP contribution is 2.45. The van der Waals surface area contributed by atoms with Gasteiger partial charge in [-0.1, -0.05) is 18.9 Å². The number of β-amino-alcohol motifs (C(OH)–C–C–N with tert-alkyl or cyclic N) is 1. The number of halogens is 8. The highest BCUT2D eigenvalue weighted by atomic mass is 19.4. The van der Waals surface area contributed by atoms with Crippen molar-refractivity contribution < 1.29 is 59.7 Å². The Morgan fingerprint density at radius 2 is 1.58 bits per heavy atom. The molecule has 12 nitrogen and oxygen atoms in total. The third-order valence-corrected chi connectivity index (χ3v) is 10.6. The van der Waals surface area contributed by atoms with Crippen LogP contribution in [0.5, 0.6) is 5.75 Å². The molecule has 3 aromatic rings. The van der Waals surface area contributed by atoms with Crippen LogP contribution < -0.4 is 10.1 Å². The predicted octanol–water partition coefficient (Wildman–Crippen LogP) is 5.40. The average Bonchev–Trinajstić information content (AvgIpc) is 3.67. The van der Waals surface area contributed by atoms with E-state index in [4.69, 9.17) is 9.84 Å². The quantitative estimate of drug-likeness (QED) is 0.171. The number of aromatic nitrogens is 2. The van der Waals surface area contributed by atoms with Crippen LogP contribution in [0.3, 0.4) is 0 Å². The summed E-state index contributed by atoms with van der Waals surface area (Å²) in [6, 6.07) is 4.62. The lowest BCUT2D eigenvalue weighted by molar-refractivity contribution is -0.163. The second-order valence-corrected chi connectivity index (χ2v) is 14.0. The third kappa shape index (κ3) is 8.68. The minimum atomic E-state index is -4.99. The normalized spacial score (nSPS) is 18.5. The van der Waals surface area contributed by atoms with Crippen molar-refractivity contribution in [2.75, 3.05) is 64.8 Å². The van der Waals surface area contributed by atoms with Gasteiger partial charge in [0.1, 0.15) is 30.0 Å². The Labute approximate surface area is 321 Å². The first-order valence-electron chi connectivity index (χ1n) is 18.0. The molecular weight excluding hydrogens is 774 g/mol. The topological polar surface area (TPSA) is 135 Å². The molecule has 1 spiro atoms. The maximum atomic E-state index is 15.6. The van der Waals surface area contributed by atoms with Crippen LogP contribution in [0.1, 0.15) is 42.5 Å². The number of anilines is 1. The highest BCUT2D eigenvalue weighted by Gasteiger charge is 2.53. The van der Waals surface area contributed by atoms with Crippen LogP contribution in [0.25, 0.3) is 11.3 Å². The molecule has 3 aliphatic rings. The molecule has 2 amide bonds. The van der Waals surface area contributed by atoms with E-state index < -0.39 is 87.4 Å². The van der Waals surface area contributed by atoms with Crippen LogP contribution >= 0.6 is 0 Å². The standard InChI is InChI=1S/C37H39F8N7O5/c1-49-35(8-2-3-9-35)32(54)29(33(55)48-25-6-5-23(36(40,41)42)18-24(25)26-19-28(37(43,44)45)47-21-46-26)34(56)52(49)20-22-4-7-27(31(39)30(22)38)57-17-15-51-12-10-50(11-13-51)14-16-53/h4-7,18-19,21,53-54H,2-3,8-17,20H2,1H3,(H,48,55). The zero-order valence-electron chi connectivity index (χ0n) is 30.6. The Balaban J connectivity index is 1.25. The molecule has 57 heavy (non-hydrogen) atoms. The number of alkyl halides is 6. The molecule has 308 valence electrons. The largest absolute Gasteiger partial charge is 0.509 e. The van der Waals surface area contributed by atoms with Gasteiger partial charge in [0, 0.05) is 57.4 Å². The first-order valence-corrected chi connectivity index (χ1v) is 18.0. The van der Waals surface area contributed by atoms with E-state index in [1.165, 1.54) is 24.2 Å². The number of rotatable bonds is 11. The number of likely N-dealkylation sites (N-methyl/N-ethyl adjacent to an activating group) is 1. The van der Waals surface area contributed by atoms with Gasteiger partial charge in [-0.05, 0) is 43.2 Å². The highest BCUT2D eigenvalue weighted by molar-refractivity contribution is 6.24. The summed E-state index contributed by atoms with van der Waals surface area (Å²) >= 11 is 0. The van der Waals surface area contributed by atoms with Gasteiger partial charge in [-0.3, -0.25) is 24.4 Å². The van der Waals surface area contributed by atoms with E-state index in [0.29, 0.717) is 63.5 Å². The fourth-order valence-corrected chi connectivity index (χ4v) is 7.40. The second kappa shape index (κ2) is 16.5. The number of hydrogen-bond donors (Lipinski definition) is 3. The number of ether oxygens (including phenoxy) is 1. The van der Waals surface area contributed by atoms with Gasteiger partial charge < -0.3 is 20.3 Å². The van der Waals surface area contributed by atoms with Crippen molar-refractivity contribution in [2.24, 2.45) is 0 Å². The molecule has 0 unspecified atom stereocenters. The lowest BCUT2D eigenvalue weighted by atomic mass is 9.88. The summed E-state index contributed by atoms with van der Waals surface area (Å²) in [5.41, 5.74) is -6.98. The molecule has 0 radical (unpaired) electrons. The lowest BCUT2D eigenvalue weighted by Crippen LogP contribution is -2.62. The Kier molecular flexibility index (Phi) is 12.1. The van der Waals surface area contributed by atoms with Gasteiger partial charge >= 0.3 is 12.4 Å². The molecule has 2 aromatic carbocycles. The number of nitrogens with zero attached hydrogens (tertiary/aromatic N) is 6. The molecule has 1 aromatic heterocycles. The van der Waals surface area contributed by atoms with Crippen molar-refractivity contribution in [2.45, 2.75) is 50.1 Å². The van der Waals surface area contributed by atoms with E-state index in [9.17, 15) is 41.0 Å². The van der Waals surface area contributed by atoms with E-state index in [1.54, 1.807) is 0 Å². The van der Waals surface area contributed by atoms with Crippen LogP contribution in [0.4, 0.5) is 40.8 Å². The number of carbonyl (C=O) groups excluding carboxylic acids is 2. The van der Waals surface area contributed by atoms with Gasteiger partial charge in [0.05, 0.1) is 35.6 Å². The van der Waals surface area contributed by atoms with Crippen molar-refractivity contribution >= 4 is 17.5 Å². The Morgan fingerprint density at radius 1 is 0.912 bits per heavy atom. The molecule has 1 aliphatic carbocycles. The summed E-state index contributed by atoms with van der Waals surface area (Å²) in [6.07, 6.45) is -7.93. The second-order valence-electron chi connectivity index (χ2n) is 14.0. The molecule has 0 bridgehead atoms. The summed E-state index contributed by atoms with van der Waals surface area (Å²) in [5, 5.41) is 25.3. The maximum Gasteiger partial charge on any atom is 0.433 e. The summed E-state index contributed by atoms with van der Waals surface area (Å²) in [6.45, 7) is 3.39. The van der Waals surface area contributed by atoms with Crippen molar-refractivity contribution in [3.8, 4) is 17.0 Å². The molecule has 6 rings (SSSR count). The van der Waals surface area contributed by atoms with Gasteiger partial charge in [-0.25, -0.2) is 19.4 Å². The zero-order valence-corrected chi connectivity index (χ0v) is 30.6. The number of nitrogens with one attached hydrogen (secondary N) is 1. The summed E-state index contributed by atoms with van der Waals surface area (Å²) in [5.74, 6) is -6.16. The monoisotopic (exact) mass is 813 g/mol. The van der Waals surface area contributed by atoms with E-state index in [1.807, 2.05) is 0 Å². The molecule has 2 aliphatic heterocycles. The van der Waals surface area contributed by atoms with Crippen LogP contribution in [0, 0.1) is 11.6 Å². The van der Waals surface area contributed by atoms with Crippen LogP contribution in [-0.2, 0) is 28.5 Å². The van der Waals surface area contributed by atoms with Gasteiger partial charge in [0.2, 0.25) is 5.82 Å². The molecule has 2 fully saturated rings. The number of amides is 2. The van der Waals surface area contributed by atoms with Gasteiger partial charge in [0.15, 0.2) is 11.6 Å².